The van der Waals surface area contributed by atoms with Crippen molar-refractivity contribution in [1.29, 1.82) is 0 Å². The third kappa shape index (κ3) is 3.75. The van der Waals surface area contributed by atoms with Crippen molar-refractivity contribution < 1.29 is 32.6 Å². The Bertz CT molecular complexity index is 584. The summed E-state index contributed by atoms with van der Waals surface area (Å²) in [5.74, 6) is -1.27. The van der Waals surface area contributed by atoms with E-state index >= 15 is 0 Å². The van der Waals surface area contributed by atoms with Gasteiger partial charge in [0.15, 0.2) is 0 Å². The van der Waals surface area contributed by atoms with Gasteiger partial charge < -0.3 is 19.5 Å². The molecule has 0 aliphatic carbocycles. The summed E-state index contributed by atoms with van der Waals surface area (Å²) in [6.45, 7) is 3.35. The predicted octanol–water partition coefficient (Wildman–Crippen LogP) is 2.49. The molecule has 0 saturated carbocycles. The lowest BCUT2D eigenvalue weighted by molar-refractivity contribution is -0.274. The molecular weight excluding hydrogens is 327 g/mol. The lowest BCUT2D eigenvalue weighted by Gasteiger charge is -2.32. The predicted molar refractivity (Wildman–Crippen MR) is 79.0 cm³/mol. The summed E-state index contributed by atoms with van der Waals surface area (Å²) in [6.07, 6.45) is -5.26. The second-order valence-corrected chi connectivity index (χ2v) is 6.41. The van der Waals surface area contributed by atoms with E-state index in [-0.39, 0.29) is 11.8 Å². The summed E-state index contributed by atoms with van der Waals surface area (Å²) in [4.78, 5) is 13.7. The van der Waals surface area contributed by atoms with Crippen LogP contribution in [0, 0.1) is 6.92 Å². The molecule has 1 amide bonds. The molecule has 1 aliphatic heterocycles. The Balaban J connectivity index is 2.22. The first-order valence-corrected chi connectivity index (χ1v) is 7.88. The molecule has 3 atom stereocenters. The van der Waals surface area contributed by atoms with E-state index in [1.54, 1.807) is 6.92 Å². The summed E-state index contributed by atoms with van der Waals surface area (Å²) in [5, 5.41) is 19.7. The van der Waals surface area contributed by atoms with E-state index in [0.717, 1.165) is 6.07 Å². The highest BCUT2D eigenvalue weighted by atomic mass is 19.4. The number of aliphatic hydroxyl groups excluding tert-OH is 1. The van der Waals surface area contributed by atoms with Crippen LogP contribution in [0.1, 0.15) is 44.1 Å². The fourth-order valence-corrected chi connectivity index (χ4v) is 3.11. The normalized spacial score (nSPS) is 22.5. The molecule has 2 rings (SSSR count). The highest BCUT2D eigenvalue weighted by Gasteiger charge is 2.59. The molecule has 1 fully saturated rings. The van der Waals surface area contributed by atoms with Crippen LogP contribution in [0.4, 0.5) is 13.2 Å². The number of hydrogen-bond donors (Lipinski definition) is 2. The van der Waals surface area contributed by atoms with Crippen molar-refractivity contribution in [3.63, 3.8) is 0 Å². The molecule has 1 aliphatic rings. The van der Waals surface area contributed by atoms with E-state index in [1.807, 2.05) is 0 Å². The van der Waals surface area contributed by atoms with Gasteiger partial charge in [-0.2, -0.15) is 13.2 Å². The van der Waals surface area contributed by atoms with Crippen molar-refractivity contribution in [3.8, 4) is 0 Å². The maximum absolute atomic E-state index is 13.4. The average Bonchev–Trinajstić information content (AvgIpc) is 3.05. The number of furan rings is 1. The number of hydrogen-bond acceptors (Lipinski definition) is 4. The minimum atomic E-state index is -5.05. The summed E-state index contributed by atoms with van der Waals surface area (Å²) in [5.41, 5.74) is -3.36. The van der Waals surface area contributed by atoms with Crippen molar-refractivity contribution in [2.75, 3.05) is 6.54 Å². The SMILES string of the molecule is Cc1ccc(C(O)(CC(=O)N2CCCC2CC(C)O)C(F)(F)F)o1. The van der Waals surface area contributed by atoms with E-state index in [0.29, 0.717) is 25.8 Å². The number of aliphatic hydroxyl groups is 2. The zero-order valence-corrected chi connectivity index (χ0v) is 13.6. The van der Waals surface area contributed by atoms with E-state index < -0.39 is 36.0 Å². The molecule has 2 heterocycles. The third-order valence-corrected chi connectivity index (χ3v) is 4.33. The molecule has 1 aromatic rings. The lowest BCUT2D eigenvalue weighted by Crippen LogP contribution is -2.48. The highest BCUT2D eigenvalue weighted by Crippen LogP contribution is 2.43. The number of amides is 1. The molecule has 0 aromatic carbocycles. The molecule has 5 nitrogen and oxygen atoms in total. The second-order valence-electron chi connectivity index (χ2n) is 6.41. The Morgan fingerprint density at radius 3 is 2.62 bits per heavy atom. The zero-order chi connectivity index (χ0) is 18.1. The number of aryl methyl sites for hydroxylation is 1. The van der Waals surface area contributed by atoms with Gasteiger partial charge in [0.1, 0.15) is 11.5 Å². The summed E-state index contributed by atoms with van der Waals surface area (Å²) < 4.78 is 45.2. The van der Waals surface area contributed by atoms with Crippen LogP contribution in [0.5, 0.6) is 0 Å². The molecule has 3 unspecified atom stereocenters. The molecule has 0 bridgehead atoms. The minimum absolute atomic E-state index is 0.216. The van der Waals surface area contributed by atoms with Crippen LogP contribution in [-0.4, -0.2) is 45.9 Å². The van der Waals surface area contributed by atoms with Crippen molar-refractivity contribution in [3.05, 3.63) is 23.7 Å². The van der Waals surface area contributed by atoms with Crippen LogP contribution in [-0.2, 0) is 10.4 Å². The molecule has 0 spiro atoms. The first-order chi connectivity index (χ1) is 11.0. The number of carbonyl (C=O) groups is 1. The minimum Gasteiger partial charge on any atom is -0.463 e. The number of likely N-dealkylation sites (tertiary alicyclic amines) is 1. The Labute approximate surface area is 138 Å². The van der Waals surface area contributed by atoms with Gasteiger partial charge in [0.05, 0.1) is 12.5 Å². The van der Waals surface area contributed by atoms with Gasteiger partial charge in [-0.15, -0.1) is 0 Å². The number of nitrogens with zero attached hydrogens (tertiary/aromatic N) is 1. The van der Waals surface area contributed by atoms with E-state index in [2.05, 4.69) is 0 Å². The Morgan fingerprint density at radius 2 is 2.12 bits per heavy atom. The largest absolute Gasteiger partial charge is 0.463 e. The fourth-order valence-electron chi connectivity index (χ4n) is 3.11. The standard InChI is InChI=1S/C16H22F3NO4/c1-10(21)8-12-4-3-7-20(12)14(22)9-15(23,16(17,18)19)13-6-5-11(2)24-13/h5-6,10,12,21,23H,3-4,7-9H2,1-2H3. The van der Waals surface area contributed by atoms with Crippen molar-refractivity contribution >= 4 is 5.91 Å². The van der Waals surface area contributed by atoms with Crippen LogP contribution in [0.3, 0.4) is 0 Å². The molecule has 24 heavy (non-hydrogen) atoms. The Kier molecular flexibility index (Phi) is 5.29. The monoisotopic (exact) mass is 349 g/mol. The van der Waals surface area contributed by atoms with Crippen LogP contribution in [0.25, 0.3) is 0 Å². The Hall–Kier alpha value is -1.54. The maximum Gasteiger partial charge on any atom is 0.425 e. The lowest BCUT2D eigenvalue weighted by atomic mass is 9.94. The molecule has 2 N–H and O–H groups in total. The fraction of sp³-hybridized carbons (Fsp3) is 0.688. The molecule has 136 valence electrons. The van der Waals surface area contributed by atoms with Crippen molar-refractivity contribution in [1.82, 2.24) is 4.90 Å². The molecule has 8 heteroatoms. The summed E-state index contributed by atoms with van der Waals surface area (Å²) in [6, 6.07) is 2.03. The second kappa shape index (κ2) is 6.76. The summed E-state index contributed by atoms with van der Waals surface area (Å²) >= 11 is 0. The van der Waals surface area contributed by atoms with Crippen LogP contribution < -0.4 is 0 Å². The number of halogens is 3. The van der Waals surface area contributed by atoms with Gasteiger partial charge in [-0.1, -0.05) is 0 Å². The van der Waals surface area contributed by atoms with Gasteiger partial charge in [-0.3, -0.25) is 4.79 Å². The van der Waals surface area contributed by atoms with Gasteiger partial charge in [0.25, 0.3) is 0 Å². The molecule has 0 radical (unpaired) electrons. The van der Waals surface area contributed by atoms with E-state index in [9.17, 15) is 28.2 Å². The van der Waals surface area contributed by atoms with Gasteiger partial charge >= 0.3 is 6.18 Å². The van der Waals surface area contributed by atoms with E-state index in [1.165, 1.54) is 17.9 Å². The van der Waals surface area contributed by atoms with Crippen molar-refractivity contribution in [2.24, 2.45) is 0 Å². The number of carbonyl (C=O) groups excluding carboxylic acids is 1. The van der Waals surface area contributed by atoms with E-state index in [4.69, 9.17) is 4.42 Å². The van der Waals surface area contributed by atoms with Crippen LogP contribution >= 0.6 is 0 Å². The number of rotatable bonds is 5. The zero-order valence-electron chi connectivity index (χ0n) is 13.6. The number of alkyl halides is 3. The van der Waals surface area contributed by atoms with Gasteiger partial charge in [0, 0.05) is 12.6 Å². The van der Waals surface area contributed by atoms with Crippen molar-refractivity contribution in [2.45, 2.75) is 63.5 Å². The maximum atomic E-state index is 13.4. The quantitative estimate of drug-likeness (QED) is 0.857. The van der Waals surface area contributed by atoms with Crippen LogP contribution in [0.15, 0.2) is 16.5 Å². The highest BCUT2D eigenvalue weighted by molar-refractivity contribution is 5.78. The molecule has 1 aromatic heterocycles. The van der Waals surface area contributed by atoms with Gasteiger partial charge in [0.2, 0.25) is 11.5 Å². The first kappa shape index (κ1) is 18.8. The third-order valence-electron chi connectivity index (χ3n) is 4.33. The smallest absolute Gasteiger partial charge is 0.425 e. The van der Waals surface area contributed by atoms with Gasteiger partial charge in [-0.05, 0) is 45.2 Å². The molecular formula is C16H22F3NO4. The summed E-state index contributed by atoms with van der Waals surface area (Å²) in [7, 11) is 0. The Morgan fingerprint density at radius 1 is 1.46 bits per heavy atom. The van der Waals surface area contributed by atoms with Crippen LogP contribution in [0.2, 0.25) is 0 Å². The first-order valence-electron chi connectivity index (χ1n) is 7.88. The molecule has 1 saturated heterocycles. The van der Waals surface area contributed by atoms with Gasteiger partial charge in [-0.25, -0.2) is 0 Å². The topological polar surface area (TPSA) is 73.9 Å². The average molecular weight is 349 g/mol.